The van der Waals surface area contributed by atoms with Gasteiger partial charge in [-0.2, -0.15) is 4.31 Å². The Bertz CT molecular complexity index is 1020. The lowest BCUT2D eigenvalue weighted by Crippen LogP contribution is -2.35. The molecule has 8 heteroatoms. The standard InChI is InChI=1S/C23H30FN3O3S/c1-4-27(5-2)31(29,30)22-17-19(8-7-18(22)3)23(28)26-14-6-13-25(15-16-26)21-11-9-20(24)10-12-21/h7-12,17H,4-6,13-16H2,1-3H3. The number of benzene rings is 2. The van der Waals surface area contributed by atoms with Crippen molar-refractivity contribution in [3.63, 3.8) is 0 Å². The van der Waals surface area contributed by atoms with Gasteiger partial charge in [0.2, 0.25) is 10.0 Å². The average molecular weight is 448 g/mol. The fraction of sp³-hybridized carbons (Fsp3) is 0.435. The Labute approximate surface area is 184 Å². The highest BCUT2D eigenvalue weighted by molar-refractivity contribution is 7.89. The number of rotatable bonds is 6. The van der Waals surface area contributed by atoms with E-state index in [-0.39, 0.29) is 16.6 Å². The van der Waals surface area contributed by atoms with E-state index in [1.165, 1.54) is 22.5 Å². The molecule has 3 rings (SSSR count). The Hall–Kier alpha value is -2.45. The lowest BCUT2D eigenvalue weighted by molar-refractivity contribution is 0.0766. The lowest BCUT2D eigenvalue weighted by Gasteiger charge is -2.24. The molecule has 1 amide bonds. The molecule has 2 aromatic rings. The van der Waals surface area contributed by atoms with Crippen molar-refractivity contribution < 1.29 is 17.6 Å². The summed E-state index contributed by atoms with van der Waals surface area (Å²) in [5.74, 6) is -0.442. The fourth-order valence-corrected chi connectivity index (χ4v) is 5.64. The molecular weight excluding hydrogens is 417 g/mol. The monoisotopic (exact) mass is 447 g/mol. The summed E-state index contributed by atoms with van der Waals surface area (Å²) >= 11 is 0. The van der Waals surface area contributed by atoms with Gasteiger partial charge in [-0.25, -0.2) is 12.8 Å². The Morgan fingerprint density at radius 3 is 2.32 bits per heavy atom. The normalized spacial score (nSPS) is 15.3. The van der Waals surface area contributed by atoms with E-state index in [4.69, 9.17) is 0 Å². The highest BCUT2D eigenvalue weighted by Gasteiger charge is 2.26. The van der Waals surface area contributed by atoms with Crippen LogP contribution in [0.15, 0.2) is 47.4 Å². The largest absolute Gasteiger partial charge is 0.370 e. The number of sulfonamides is 1. The van der Waals surface area contributed by atoms with Gasteiger partial charge in [0.1, 0.15) is 5.82 Å². The molecule has 6 nitrogen and oxygen atoms in total. The third-order valence-electron chi connectivity index (χ3n) is 5.73. The maximum Gasteiger partial charge on any atom is 0.253 e. The van der Waals surface area contributed by atoms with Crippen LogP contribution in [0.1, 0.15) is 36.2 Å². The number of anilines is 1. The quantitative estimate of drug-likeness (QED) is 0.680. The summed E-state index contributed by atoms with van der Waals surface area (Å²) in [6.45, 7) is 8.61. The highest BCUT2D eigenvalue weighted by atomic mass is 32.2. The highest BCUT2D eigenvalue weighted by Crippen LogP contribution is 2.23. The van der Waals surface area contributed by atoms with Crippen molar-refractivity contribution in [1.29, 1.82) is 0 Å². The fourth-order valence-electron chi connectivity index (χ4n) is 3.93. The van der Waals surface area contributed by atoms with Gasteiger partial charge in [-0.3, -0.25) is 4.79 Å². The molecule has 2 aromatic carbocycles. The van der Waals surface area contributed by atoms with Gasteiger partial charge in [0.25, 0.3) is 5.91 Å². The van der Waals surface area contributed by atoms with Gasteiger partial charge in [0.05, 0.1) is 4.90 Å². The van der Waals surface area contributed by atoms with Gasteiger partial charge in [-0.15, -0.1) is 0 Å². The van der Waals surface area contributed by atoms with Crippen molar-refractivity contribution in [1.82, 2.24) is 9.21 Å². The number of hydrogen-bond donors (Lipinski definition) is 0. The molecule has 1 fully saturated rings. The predicted octanol–water partition coefficient (Wildman–Crippen LogP) is 3.52. The summed E-state index contributed by atoms with van der Waals surface area (Å²) in [5.41, 5.74) is 1.94. The summed E-state index contributed by atoms with van der Waals surface area (Å²) in [6, 6.07) is 11.3. The maximum atomic E-state index is 13.2. The van der Waals surface area contributed by atoms with Crippen LogP contribution in [0.2, 0.25) is 0 Å². The molecule has 1 aliphatic heterocycles. The van der Waals surface area contributed by atoms with E-state index in [0.717, 1.165) is 18.7 Å². The molecule has 1 saturated heterocycles. The third kappa shape index (κ3) is 5.07. The van der Waals surface area contributed by atoms with E-state index in [1.807, 2.05) is 0 Å². The summed E-state index contributed by atoms with van der Waals surface area (Å²) < 4.78 is 40.6. The smallest absolute Gasteiger partial charge is 0.253 e. The third-order valence-corrected chi connectivity index (χ3v) is 7.93. The Kier molecular flexibility index (Phi) is 7.33. The van der Waals surface area contributed by atoms with Crippen molar-refractivity contribution >= 4 is 21.6 Å². The molecule has 0 saturated carbocycles. The van der Waals surface area contributed by atoms with Crippen LogP contribution in [-0.4, -0.2) is 62.8 Å². The molecule has 0 N–H and O–H groups in total. The van der Waals surface area contributed by atoms with Crippen LogP contribution in [0.25, 0.3) is 0 Å². The number of hydrogen-bond acceptors (Lipinski definition) is 4. The van der Waals surface area contributed by atoms with E-state index in [0.29, 0.717) is 43.9 Å². The Morgan fingerprint density at radius 1 is 1.00 bits per heavy atom. The van der Waals surface area contributed by atoms with Crippen LogP contribution in [0.3, 0.4) is 0 Å². The van der Waals surface area contributed by atoms with Gasteiger partial charge in [-0.05, 0) is 55.3 Å². The van der Waals surface area contributed by atoms with Crippen LogP contribution in [-0.2, 0) is 10.0 Å². The number of carbonyl (C=O) groups is 1. The number of amides is 1. The van der Waals surface area contributed by atoms with Crippen molar-refractivity contribution in [2.24, 2.45) is 0 Å². The zero-order valence-corrected chi connectivity index (χ0v) is 19.2. The maximum absolute atomic E-state index is 13.2. The molecule has 0 radical (unpaired) electrons. The molecule has 1 aliphatic rings. The molecule has 1 heterocycles. The van der Waals surface area contributed by atoms with E-state index < -0.39 is 10.0 Å². The first kappa shape index (κ1) is 23.2. The predicted molar refractivity (Wildman–Crippen MR) is 120 cm³/mol. The molecule has 0 atom stereocenters. The van der Waals surface area contributed by atoms with Crippen molar-refractivity contribution in [3.8, 4) is 0 Å². The van der Waals surface area contributed by atoms with Crippen LogP contribution in [0, 0.1) is 12.7 Å². The Balaban J connectivity index is 1.79. The second kappa shape index (κ2) is 9.78. The number of nitrogens with zero attached hydrogens (tertiary/aromatic N) is 3. The minimum Gasteiger partial charge on any atom is -0.370 e. The molecule has 0 spiro atoms. The zero-order chi connectivity index (χ0) is 22.6. The van der Waals surface area contributed by atoms with Crippen molar-refractivity contribution in [2.45, 2.75) is 32.1 Å². The van der Waals surface area contributed by atoms with Gasteiger partial charge < -0.3 is 9.80 Å². The first-order valence-electron chi connectivity index (χ1n) is 10.7. The van der Waals surface area contributed by atoms with Gasteiger partial charge in [0, 0.05) is 50.5 Å². The molecule has 31 heavy (non-hydrogen) atoms. The van der Waals surface area contributed by atoms with E-state index in [9.17, 15) is 17.6 Å². The van der Waals surface area contributed by atoms with Crippen LogP contribution in [0.5, 0.6) is 0 Å². The van der Waals surface area contributed by atoms with Crippen LogP contribution >= 0.6 is 0 Å². The summed E-state index contributed by atoms with van der Waals surface area (Å²) in [5, 5.41) is 0. The molecule has 0 unspecified atom stereocenters. The average Bonchev–Trinajstić information content (AvgIpc) is 3.01. The van der Waals surface area contributed by atoms with E-state index in [1.54, 1.807) is 49.9 Å². The first-order chi connectivity index (χ1) is 14.8. The number of aryl methyl sites for hydroxylation is 1. The van der Waals surface area contributed by atoms with Crippen molar-refractivity contribution in [3.05, 3.63) is 59.4 Å². The second-order valence-electron chi connectivity index (χ2n) is 7.68. The second-order valence-corrected chi connectivity index (χ2v) is 9.59. The minimum absolute atomic E-state index is 0.169. The molecule has 0 bridgehead atoms. The molecule has 0 aromatic heterocycles. The zero-order valence-electron chi connectivity index (χ0n) is 18.3. The first-order valence-corrected chi connectivity index (χ1v) is 12.1. The summed E-state index contributed by atoms with van der Waals surface area (Å²) in [6.07, 6.45) is 0.777. The van der Waals surface area contributed by atoms with Crippen LogP contribution < -0.4 is 4.90 Å². The summed E-state index contributed by atoms with van der Waals surface area (Å²) in [7, 11) is -3.65. The van der Waals surface area contributed by atoms with Crippen molar-refractivity contribution in [2.75, 3.05) is 44.2 Å². The van der Waals surface area contributed by atoms with Gasteiger partial charge >= 0.3 is 0 Å². The van der Waals surface area contributed by atoms with Gasteiger partial charge in [-0.1, -0.05) is 19.9 Å². The number of halogens is 1. The lowest BCUT2D eigenvalue weighted by atomic mass is 10.1. The molecule has 168 valence electrons. The minimum atomic E-state index is -3.65. The molecular formula is C23H30FN3O3S. The summed E-state index contributed by atoms with van der Waals surface area (Å²) in [4.78, 5) is 17.3. The SMILES string of the molecule is CCN(CC)S(=O)(=O)c1cc(C(=O)N2CCCN(c3ccc(F)cc3)CC2)ccc1C. The molecule has 0 aliphatic carbocycles. The number of carbonyl (C=O) groups excluding carboxylic acids is 1. The Morgan fingerprint density at radius 2 is 1.68 bits per heavy atom. The van der Waals surface area contributed by atoms with Crippen LogP contribution in [0.4, 0.5) is 10.1 Å². The van der Waals surface area contributed by atoms with E-state index in [2.05, 4.69) is 4.90 Å². The topological polar surface area (TPSA) is 60.9 Å². The van der Waals surface area contributed by atoms with Gasteiger partial charge in [0.15, 0.2) is 0 Å². The van der Waals surface area contributed by atoms with E-state index >= 15 is 0 Å².